The first-order valence-electron chi connectivity index (χ1n) is 13.0. The number of nitrogens with two attached hydrogens (primary N) is 4. The monoisotopic (exact) mass is 620 g/mol. The Bertz CT molecular complexity index is 1180. The van der Waals surface area contributed by atoms with E-state index in [9.17, 15) is 24.0 Å². The molecule has 0 bridgehead atoms. The number of carbonyl (C=O) groups is 5. The molecule has 0 spiro atoms. The number of aliphatic carboxylic acids is 3. The van der Waals surface area contributed by atoms with Crippen LogP contribution in [0.2, 0.25) is 0 Å². The number of rotatable bonds is 14. The van der Waals surface area contributed by atoms with Crippen LogP contribution in [0.4, 0.5) is 0 Å². The highest BCUT2D eigenvalue weighted by Gasteiger charge is 2.20. The van der Waals surface area contributed by atoms with Gasteiger partial charge in [-0.1, -0.05) is 72.4 Å². The van der Waals surface area contributed by atoms with Gasteiger partial charge in [-0.3, -0.25) is 24.2 Å². The highest BCUT2D eigenvalue weighted by Crippen LogP contribution is 2.05. The van der Waals surface area contributed by atoms with Gasteiger partial charge in [0, 0.05) is 19.9 Å². The number of nitrogens with one attached hydrogen (secondary N) is 1. The van der Waals surface area contributed by atoms with Gasteiger partial charge in [0.1, 0.15) is 18.1 Å². The topological polar surface area (TPSA) is 275 Å². The van der Waals surface area contributed by atoms with E-state index in [2.05, 4.69) is 10.3 Å². The molecule has 0 heterocycles. The Morgan fingerprint density at radius 2 is 1.28 bits per heavy atom. The fourth-order valence-electron chi connectivity index (χ4n) is 3.05. The van der Waals surface area contributed by atoms with Crippen LogP contribution >= 0.6 is 11.8 Å². The molecule has 0 aromatic heterocycles. The smallest absolute Gasteiger partial charge is 0.326 e. The molecule has 1 amide bonds. The van der Waals surface area contributed by atoms with Crippen molar-refractivity contribution >= 4 is 46.7 Å². The second-order valence-corrected chi connectivity index (χ2v) is 10.1. The van der Waals surface area contributed by atoms with Crippen LogP contribution in [0.25, 0.3) is 0 Å². The molecule has 0 fully saturated rings. The first-order chi connectivity index (χ1) is 20.2. The highest BCUT2D eigenvalue weighted by atomic mass is 32.2. The summed E-state index contributed by atoms with van der Waals surface area (Å²) in [6.45, 7) is 1.78. The summed E-state index contributed by atoms with van der Waals surface area (Å²) in [5.41, 5.74) is 22.4. The van der Waals surface area contributed by atoms with Gasteiger partial charge in [0.15, 0.2) is 11.1 Å². The lowest BCUT2D eigenvalue weighted by atomic mass is 10.1. The van der Waals surface area contributed by atoms with Crippen LogP contribution in [0, 0.1) is 0 Å². The number of amides is 1. The highest BCUT2D eigenvalue weighted by molar-refractivity contribution is 8.14. The van der Waals surface area contributed by atoms with Crippen molar-refractivity contribution in [2.45, 2.75) is 50.7 Å². The molecular weight excluding hydrogens is 580 g/mol. The molecule has 0 saturated carbocycles. The number of guanidine groups is 1. The normalized spacial score (nSPS) is 12.0. The summed E-state index contributed by atoms with van der Waals surface area (Å²) in [7, 11) is 0. The maximum atomic E-state index is 11.5. The number of carboxylic acids is 3. The summed E-state index contributed by atoms with van der Waals surface area (Å²) in [4.78, 5) is 57.6. The van der Waals surface area contributed by atoms with Crippen molar-refractivity contribution in [3.8, 4) is 0 Å². The van der Waals surface area contributed by atoms with Crippen molar-refractivity contribution in [3.05, 3.63) is 71.8 Å². The van der Waals surface area contributed by atoms with E-state index >= 15 is 0 Å². The average molecular weight is 621 g/mol. The Labute approximate surface area is 253 Å². The largest absolute Gasteiger partial charge is 0.480 e. The number of aliphatic imine (C=N–C) groups is 1. The number of carboxylic acid groups (broad SMARTS) is 3. The van der Waals surface area contributed by atoms with Gasteiger partial charge in [-0.25, -0.2) is 4.79 Å². The number of hydrogen-bond acceptors (Lipinski definition) is 9. The molecule has 12 N–H and O–H groups in total. The minimum Gasteiger partial charge on any atom is -0.480 e. The number of thioether (sulfide) groups is 1. The summed E-state index contributed by atoms with van der Waals surface area (Å²) < 4.78 is 0. The first-order valence-corrected chi connectivity index (χ1v) is 14.0. The quantitative estimate of drug-likeness (QED) is 0.0795. The Morgan fingerprint density at radius 3 is 1.70 bits per heavy atom. The number of benzene rings is 2. The summed E-state index contributed by atoms with van der Waals surface area (Å²) in [6.07, 6.45) is 1.56. The molecule has 3 atom stereocenters. The minimum absolute atomic E-state index is 0.0129. The molecule has 2 rings (SSSR count). The fraction of sp³-hybridized carbons (Fsp3) is 0.357. The van der Waals surface area contributed by atoms with Gasteiger partial charge in [-0.15, -0.1) is 0 Å². The molecular formula is C28H40N6O8S. The van der Waals surface area contributed by atoms with Gasteiger partial charge in [0.05, 0.1) is 5.75 Å². The molecule has 2 aromatic carbocycles. The molecule has 43 heavy (non-hydrogen) atoms. The maximum Gasteiger partial charge on any atom is 0.326 e. The van der Waals surface area contributed by atoms with Crippen LogP contribution in [0.1, 0.15) is 30.9 Å². The van der Waals surface area contributed by atoms with Crippen LogP contribution in [-0.4, -0.2) is 80.6 Å². The zero-order chi connectivity index (χ0) is 32.8. The van der Waals surface area contributed by atoms with Gasteiger partial charge in [-0.05, 0) is 30.4 Å². The fourth-order valence-corrected chi connectivity index (χ4v) is 3.47. The van der Waals surface area contributed by atoms with Crippen molar-refractivity contribution < 1.29 is 39.3 Å². The Morgan fingerprint density at radius 1 is 0.791 bits per heavy atom. The summed E-state index contributed by atoms with van der Waals surface area (Å²) in [5.74, 6) is -3.56. The zero-order valence-corrected chi connectivity index (χ0v) is 24.6. The molecule has 2 aromatic rings. The minimum atomic E-state index is -1.09. The van der Waals surface area contributed by atoms with Gasteiger partial charge >= 0.3 is 17.9 Å². The van der Waals surface area contributed by atoms with Crippen LogP contribution in [0.5, 0.6) is 0 Å². The molecule has 0 radical (unpaired) electrons. The predicted molar refractivity (Wildman–Crippen MR) is 164 cm³/mol. The van der Waals surface area contributed by atoms with Crippen molar-refractivity contribution in [3.63, 3.8) is 0 Å². The summed E-state index contributed by atoms with van der Waals surface area (Å²) in [5, 5.41) is 28.2. The number of carbonyl (C=O) groups excluding carboxylic acids is 2. The first kappa shape index (κ1) is 38.5. The maximum absolute atomic E-state index is 11.5. The SMILES string of the molecule is CC(=O)SCC(=O)N[C@H](Cc1ccccc1)C(=O)O.NC(N)=NCCC[C@H](N)C(=O)O.N[C@@H](Cc1ccccc1)C(=O)O. The van der Waals surface area contributed by atoms with Crippen molar-refractivity contribution in [1.82, 2.24) is 5.32 Å². The van der Waals surface area contributed by atoms with E-state index in [0.717, 1.165) is 22.9 Å². The third-order valence-electron chi connectivity index (χ3n) is 5.22. The van der Waals surface area contributed by atoms with Crippen LogP contribution in [-0.2, 0) is 36.8 Å². The van der Waals surface area contributed by atoms with Crippen molar-refractivity contribution in [1.29, 1.82) is 0 Å². The summed E-state index contributed by atoms with van der Waals surface area (Å²) >= 11 is 0.855. The lowest BCUT2D eigenvalue weighted by Crippen LogP contribution is -2.43. The zero-order valence-electron chi connectivity index (χ0n) is 23.8. The average Bonchev–Trinajstić information content (AvgIpc) is 2.95. The van der Waals surface area contributed by atoms with Gasteiger partial charge < -0.3 is 43.6 Å². The number of nitrogens with zero attached hydrogens (tertiary/aromatic N) is 1. The second kappa shape index (κ2) is 22.2. The molecule has 14 nitrogen and oxygen atoms in total. The third kappa shape index (κ3) is 21.0. The van der Waals surface area contributed by atoms with E-state index in [0.29, 0.717) is 25.8 Å². The van der Waals surface area contributed by atoms with E-state index in [1.165, 1.54) is 6.92 Å². The van der Waals surface area contributed by atoms with E-state index in [-0.39, 0.29) is 23.2 Å². The molecule has 0 aliphatic carbocycles. The predicted octanol–water partition coefficient (Wildman–Crippen LogP) is 0.171. The van der Waals surface area contributed by atoms with E-state index < -0.39 is 41.9 Å². The van der Waals surface area contributed by atoms with E-state index in [4.69, 9.17) is 38.3 Å². The van der Waals surface area contributed by atoms with Crippen molar-refractivity contribution in [2.24, 2.45) is 27.9 Å². The molecule has 0 unspecified atom stereocenters. The number of hydrogen-bond donors (Lipinski definition) is 8. The van der Waals surface area contributed by atoms with Crippen LogP contribution in [0.3, 0.4) is 0 Å². The Balaban J connectivity index is 0.000000644. The Kier molecular flexibility index (Phi) is 19.9. The van der Waals surface area contributed by atoms with Crippen LogP contribution in [0.15, 0.2) is 65.7 Å². The van der Waals surface area contributed by atoms with Gasteiger partial charge in [0.25, 0.3) is 0 Å². The standard InChI is InChI=1S/C13H15NO4S.C9H11NO2.C6H14N4O2/c1-9(15)19-8-12(16)14-11(13(17)18)7-10-5-3-2-4-6-10;10-8(9(11)12)6-7-4-2-1-3-5-7;7-4(5(11)12)2-1-3-10-6(8)9/h2-6,11H,7-8H2,1H3,(H,14,16)(H,17,18);1-5,8H,6,10H2,(H,11,12);4H,1-3,7H2,(H,11,12)(H4,8,9,10)/t11-;8-;4-/m100/s1. The summed E-state index contributed by atoms with van der Waals surface area (Å²) in [6, 6.07) is 15.8. The molecule has 236 valence electrons. The van der Waals surface area contributed by atoms with Gasteiger partial charge in [-0.2, -0.15) is 0 Å². The van der Waals surface area contributed by atoms with Gasteiger partial charge in [0.2, 0.25) is 5.91 Å². The second-order valence-electron chi connectivity index (χ2n) is 8.96. The molecule has 15 heteroatoms. The lowest BCUT2D eigenvalue weighted by molar-refractivity contribution is -0.141. The van der Waals surface area contributed by atoms with E-state index in [1.807, 2.05) is 48.5 Å². The van der Waals surface area contributed by atoms with Crippen LogP contribution < -0.4 is 28.3 Å². The Hall–Kier alpha value is -4.47. The molecule has 0 aliphatic rings. The van der Waals surface area contributed by atoms with Crippen molar-refractivity contribution in [2.75, 3.05) is 12.3 Å². The molecule has 0 saturated heterocycles. The molecule has 0 aliphatic heterocycles. The lowest BCUT2D eigenvalue weighted by Gasteiger charge is -2.14. The third-order valence-corrected chi connectivity index (χ3v) is 6.04. The van der Waals surface area contributed by atoms with E-state index in [1.54, 1.807) is 12.1 Å².